The number of anilines is 1. The Kier molecular flexibility index (Phi) is 4.76. The molecular formula is C24H19N5O3S. The maximum absolute atomic E-state index is 13.0. The second kappa shape index (κ2) is 7.53. The van der Waals surface area contributed by atoms with Crippen LogP contribution in [-0.2, 0) is 16.4 Å². The van der Waals surface area contributed by atoms with E-state index in [-0.39, 0.29) is 10.8 Å². The van der Waals surface area contributed by atoms with Gasteiger partial charge in [0.2, 0.25) is 0 Å². The number of aromatic nitrogens is 3. The van der Waals surface area contributed by atoms with Gasteiger partial charge in [0.05, 0.1) is 45.9 Å². The van der Waals surface area contributed by atoms with Crippen molar-refractivity contribution in [2.24, 2.45) is 0 Å². The van der Waals surface area contributed by atoms with Crippen molar-refractivity contribution in [3.8, 4) is 17.3 Å². The summed E-state index contributed by atoms with van der Waals surface area (Å²) < 4.78 is 24.8. The van der Waals surface area contributed by atoms with E-state index in [9.17, 15) is 13.2 Å². The molecule has 0 saturated carbocycles. The van der Waals surface area contributed by atoms with E-state index in [1.807, 2.05) is 0 Å². The molecule has 0 saturated heterocycles. The molecule has 9 heteroatoms. The predicted molar refractivity (Wildman–Crippen MR) is 123 cm³/mol. The van der Waals surface area contributed by atoms with Crippen LogP contribution in [0.15, 0.2) is 59.8 Å². The molecule has 8 nitrogen and oxygen atoms in total. The molecule has 0 unspecified atom stereocenters. The van der Waals surface area contributed by atoms with E-state index in [0.717, 1.165) is 5.56 Å². The summed E-state index contributed by atoms with van der Waals surface area (Å²) >= 11 is 0. The summed E-state index contributed by atoms with van der Waals surface area (Å²) in [5.74, 6) is -0.161. The standard InChI is InChI=1S/C24H19N5O3S/c1-14(2)33(31,32)18-6-4-16(5-7-18)20-11-26-23-22(28-20)21(12-27-23)29-13-17-9-15(10-25)3-8-19(17)24(29)30/h3-9,11-12,14H,13H2,1-2H3,(H,26,27). The third-order valence-corrected chi connectivity index (χ3v) is 7.96. The third kappa shape index (κ3) is 3.36. The summed E-state index contributed by atoms with van der Waals surface area (Å²) in [5, 5.41) is 8.64. The molecule has 2 aromatic heterocycles. The van der Waals surface area contributed by atoms with Crippen LogP contribution in [0.3, 0.4) is 0 Å². The minimum Gasteiger partial charge on any atom is -0.343 e. The molecule has 164 valence electrons. The van der Waals surface area contributed by atoms with Gasteiger partial charge in [0.1, 0.15) is 5.52 Å². The highest BCUT2D eigenvalue weighted by Gasteiger charge is 2.31. The van der Waals surface area contributed by atoms with E-state index in [2.05, 4.69) is 16.0 Å². The second-order valence-electron chi connectivity index (χ2n) is 8.12. The van der Waals surface area contributed by atoms with Crippen molar-refractivity contribution in [2.75, 3.05) is 4.90 Å². The van der Waals surface area contributed by atoms with E-state index in [1.54, 1.807) is 73.6 Å². The lowest BCUT2D eigenvalue weighted by molar-refractivity contribution is 0.0997. The molecule has 0 bridgehead atoms. The van der Waals surface area contributed by atoms with E-state index < -0.39 is 15.1 Å². The van der Waals surface area contributed by atoms with Gasteiger partial charge in [-0.1, -0.05) is 12.1 Å². The molecule has 0 fully saturated rings. The highest BCUT2D eigenvalue weighted by Crippen LogP contribution is 2.33. The molecule has 2 aromatic carbocycles. The first-order valence-electron chi connectivity index (χ1n) is 10.3. The fourth-order valence-electron chi connectivity index (χ4n) is 3.90. The number of hydrogen-bond donors (Lipinski definition) is 1. The number of aromatic amines is 1. The van der Waals surface area contributed by atoms with Gasteiger partial charge in [-0.05, 0) is 49.7 Å². The molecule has 0 spiro atoms. The lowest BCUT2D eigenvalue weighted by atomic mass is 10.1. The maximum atomic E-state index is 13.0. The first kappa shape index (κ1) is 20.8. The monoisotopic (exact) mass is 457 g/mol. The molecule has 1 aliphatic heterocycles. The van der Waals surface area contributed by atoms with Crippen molar-refractivity contribution in [1.82, 2.24) is 15.0 Å². The Labute approximate surface area is 190 Å². The highest BCUT2D eigenvalue weighted by molar-refractivity contribution is 7.92. The van der Waals surface area contributed by atoms with Gasteiger partial charge in [0.15, 0.2) is 15.5 Å². The third-order valence-electron chi connectivity index (χ3n) is 5.79. The number of nitrogens with one attached hydrogen (secondary N) is 1. The summed E-state index contributed by atoms with van der Waals surface area (Å²) in [6, 6.07) is 13.7. The van der Waals surface area contributed by atoms with Crippen LogP contribution in [0.1, 0.15) is 35.3 Å². The number of sulfone groups is 1. The molecule has 4 aromatic rings. The first-order chi connectivity index (χ1) is 15.8. The van der Waals surface area contributed by atoms with E-state index in [0.29, 0.717) is 45.8 Å². The molecule has 3 heterocycles. The molecule has 0 atom stereocenters. The molecular weight excluding hydrogens is 438 g/mol. The number of amides is 1. The van der Waals surface area contributed by atoms with Gasteiger partial charge < -0.3 is 9.88 Å². The van der Waals surface area contributed by atoms with Crippen LogP contribution in [0, 0.1) is 11.3 Å². The van der Waals surface area contributed by atoms with Crippen LogP contribution in [0.2, 0.25) is 0 Å². The van der Waals surface area contributed by atoms with Crippen LogP contribution in [0.25, 0.3) is 22.4 Å². The quantitative estimate of drug-likeness (QED) is 0.497. The number of benzene rings is 2. The van der Waals surface area contributed by atoms with Crippen molar-refractivity contribution < 1.29 is 13.2 Å². The molecule has 0 aliphatic carbocycles. The zero-order chi connectivity index (χ0) is 23.3. The van der Waals surface area contributed by atoms with Crippen LogP contribution in [-0.4, -0.2) is 34.5 Å². The zero-order valence-corrected chi connectivity index (χ0v) is 18.7. The van der Waals surface area contributed by atoms with Gasteiger partial charge in [0, 0.05) is 17.3 Å². The number of carbonyl (C=O) groups excluding carboxylic acids is 1. The van der Waals surface area contributed by atoms with Gasteiger partial charge in [0.25, 0.3) is 5.91 Å². The number of hydrogen-bond acceptors (Lipinski definition) is 6. The Morgan fingerprint density at radius 2 is 1.91 bits per heavy atom. The molecule has 5 rings (SSSR count). The maximum Gasteiger partial charge on any atom is 0.259 e. The Morgan fingerprint density at radius 3 is 2.61 bits per heavy atom. The topological polar surface area (TPSA) is 120 Å². The van der Waals surface area contributed by atoms with Crippen LogP contribution < -0.4 is 4.90 Å². The first-order valence-corrected chi connectivity index (χ1v) is 11.9. The lowest BCUT2D eigenvalue weighted by Gasteiger charge is -2.14. The second-order valence-corrected chi connectivity index (χ2v) is 10.6. The minimum atomic E-state index is -3.36. The molecule has 0 radical (unpaired) electrons. The minimum absolute atomic E-state index is 0.161. The van der Waals surface area contributed by atoms with Gasteiger partial charge in [-0.15, -0.1) is 0 Å². The van der Waals surface area contributed by atoms with Gasteiger partial charge in [-0.3, -0.25) is 4.79 Å². The largest absolute Gasteiger partial charge is 0.343 e. The Bertz CT molecular complexity index is 1560. The molecule has 1 aliphatic rings. The van der Waals surface area contributed by atoms with E-state index >= 15 is 0 Å². The van der Waals surface area contributed by atoms with Crippen molar-refractivity contribution in [2.45, 2.75) is 30.5 Å². The van der Waals surface area contributed by atoms with Gasteiger partial charge in [-0.2, -0.15) is 5.26 Å². The highest BCUT2D eigenvalue weighted by atomic mass is 32.2. The number of fused-ring (bicyclic) bond motifs is 2. The smallest absolute Gasteiger partial charge is 0.259 e. The van der Waals surface area contributed by atoms with Crippen LogP contribution >= 0.6 is 0 Å². The predicted octanol–water partition coefficient (Wildman–Crippen LogP) is 3.84. The van der Waals surface area contributed by atoms with Crippen molar-refractivity contribution in [3.05, 3.63) is 71.5 Å². The number of H-pyrrole nitrogens is 1. The van der Waals surface area contributed by atoms with E-state index in [1.165, 1.54) is 0 Å². The normalized spacial score (nSPS) is 13.5. The van der Waals surface area contributed by atoms with Crippen LogP contribution in [0.5, 0.6) is 0 Å². The summed E-state index contributed by atoms with van der Waals surface area (Å²) in [5.41, 5.74) is 4.81. The number of nitrogens with zero attached hydrogens (tertiary/aromatic N) is 4. The average Bonchev–Trinajstić information content (AvgIpc) is 3.38. The number of carbonyl (C=O) groups is 1. The Balaban J connectivity index is 1.52. The summed E-state index contributed by atoms with van der Waals surface area (Å²) in [6.07, 6.45) is 3.30. The fraction of sp³-hybridized carbons (Fsp3) is 0.167. The SMILES string of the molecule is CC(C)S(=O)(=O)c1ccc(-c2cnc3[nH]cc(N4Cc5cc(C#N)ccc5C4=O)c3n2)cc1. The van der Waals surface area contributed by atoms with E-state index in [4.69, 9.17) is 10.2 Å². The van der Waals surface area contributed by atoms with Crippen molar-refractivity contribution in [3.63, 3.8) is 0 Å². The van der Waals surface area contributed by atoms with Crippen LogP contribution in [0.4, 0.5) is 5.69 Å². The molecule has 33 heavy (non-hydrogen) atoms. The fourth-order valence-corrected chi connectivity index (χ4v) is 4.96. The summed E-state index contributed by atoms with van der Waals surface area (Å²) in [4.78, 5) is 27.1. The number of rotatable bonds is 4. The lowest BCUT2D eigenvalue weighted by Crippen LogP contribution is -2.22. The van der Waals surface area contributed by atoms with Gasteiger partial charge >= 0.3 is 0 Å². The summed E-state index contributed by atoms with van der Waals surface area (Å²) in [6.45, 7) is 3.63. The zero-order valence-electron chi connectivity index (χ0n) is 17.9. The number of nitriles is 1. The molecule has 1 N–H and O–H groups in total. The van der Waals surface area contributed by atoms with Gasteiger partial charge in [-0.25, -0.2) is 18.4 Å². The van der Waals surface area contributed by atoms with Crippen molar-refractivity contribution in [1.29, 1.82) is 5.26 Å². The average molecular weight is 458 g/mol. The van der Waals surface area contributed by atoms with Crippen molar-refractivity contribution >= 4 is 32.6 Å². The summed E-state index contributed by atoms with van der Waals surface area (Å²) in [7, 11) is -3.36. The Hall–Kier alpha value is -4.03. The Morgan fingerprint density at radius 1 is 1.15 bits per heavy atom. The molecule has 1 amide bonds.